The first-order chi connectivity index (χ1) is 6.86. The highest BCUT2D eigenvalue weighted by molar-refractivity contribution is 7.21. The number of hydrogen-bond acceptors (Lipinski definition) is 1. The van der Waals surface area contributed by atoms with Crippen LogP contribution in [0, 0.1) is 0 Å². The zero-order valence-corrected chi connectivity index (χ0v) is 11.0. The minimum absolute atomic E-state index is 0.383. The highest BCUT2D eigenvalue weighted by Crippen LogP contribution is 2.35. The maximum atomic E-state index is 6.11. The van der Waals surface area contributed by atoms with Gasteiger partial charge in [-0.1, -0.05) is 26.8 Å². The van der Waals surface area contributed by atoms with Crippen molar-refractivity contribution in [2.75, 3.05) is 7.11 Å². The fourth-order valence-corrected chi connectivity index (χ4v) is 1.90. The molecular formula is C12H18BOP. The number of benzene rings is 1. The van der Waals surface area contributed by atoms with Crippen molar-refractivity contribution < 1.29 is 4.74 Å². The Bertz CT molecular complexity index is 342. The van der Waals surface area contributed by atoms with Crippen molar-refractivity contribution in [3.63, 3.8) is 0 Å². The molecule has 2 atom stereocenters. The van der Waals surface area contributed by atoms with E-state index in [-0.39, 0.29) is 5.06 Å². The molecule has 0 N–H and O–H groups in total. The highest BCUT2D eigenvalue weighted by atomic mass is 31.0. The van der Waals surface area contributed by atoms with Crippen LogP contribution in [0.3, 0.4) is 0 Å². The Kier molecular flexibility index (Phi) is 3.84. The van der Waals surface area contributed by atoms with Crippen LogP contribution in [0.25, 0.3) is 0 Å². The van der Waals surface area contributed by atoms with Crippen LogP contribution in [0.4, 0.5) is 0 Å². The van der Waals surface area contributed by atoms with E-state index >= 15 is 0 Å². The molecule has 2 unspecified atom stereocenters. The maximum Gasteiger partial charge on any atom is 0.119 e. The predicted molar refractivity (Wildman–Crippen MR) is 69.9 cm³/mol. The third-order valence-electron chi connectivity index (χ3n) is 2.46. The molecule has 15 heavy (non-hydrogen) atoms. The van der Waals surface area contributed by atoms with Crippen molar-refractivity contribution in [1.29, 1.82) is 0 Å². The average molecular weight is 220 g/mol. The first-order valence-corrected chi connectivity index (χ1v) is 5.70. The Morgan fingerprint density at radius 2 is 2.00 bits per heavy atom. The van der Waals surface area contributed by atoms with E-state index in [1.165, 1.54) is 5.56 Å². The van der Waals surface area contributed by atoms with Gasteiger partial charge in [-0.15, -0.1) is 9.24 Å². The quantitative estimate of drug-likeness (QED) is 0.561. The first-order valence-electron chi connectivity index (χ1n) is 5.12. The van der Waals surface area contributed by atoms with Gasteiger partial charge in [0.2, 0.25) is 0 Å². The lowest BCUT2D eigenvalue weighted by Gasteiger charge is -2.25. The van der Waals surface area contributed by atoms with Crippen LogP contribution < -0.4 is 4.74 Å². The number of methoxy groups -OCH3 is 1. The third kappa shape index (κ3) is 2.98. The number of hydrogen-bond donors (Lipinski definition) is 0. The second-order valence-corrected chi connectivity index (χ2v) is 5.59. The van der Waals surface area contributed by atoms with Crippen LogP contribution in [0.15, 0.2) is 18.2 Å². The van der Waals surface area contributed by atoms with Gasteiger partial charge >= 0.3 is 0 Å². The van der Waals surface area contributed by atoms with E-state index < -0.39 is 0 Å². The molecule has 1 nitrogen and oxygen atoms in total. The summed E-state index contributed by atoms with van der Waals surface area (Å²) >= 11 is 0. The summed E-state index contributed by atoms with van der Waals surface area (Å²) < 4.78 is 5.23. The van der Waals surface area contributed by atoms with E-state index in [1.807, 2.05) is 19.1 Å². The van der Waals surface area contributed by atoms with E-state index in [9.17, 15) is 0 Å². The molecule has 0 aromatic heterocycles. The lowest BCUT2D eigenvalue weighted by Crippen LogP contribution is -2.15. The maximum absolute atomic E-state index is 6.11. The average Bonchev–Trinajstić information content (AvgIpc) is 2.15. The first kappa shape index (κ1) is 12.6. The van der Waals surface area contributed by atoms with Gasteiger partial charge in [0.1, 0.15) is 5.75 Å². The Morgan fingerprint density at radius 3 is 2.40 bits per heavy atom. The summed E-state index contributed by atoms with van der Waals surface area (Å²) in [6, 6.07) is 6.06. The largest absolute Gasteiger partial charge is 0.497 e. The van der Waals surface area contributed by atoms with Crippen molar-refractivity contribution in [2.24, 2.45) is 0 Å². The van der Waals surface area contributed by atoms with Crippen molar-refractivity contribution in [2.45, 2.75) is 31.7 Å². The van der Waals surface area contributed by atoms with E-state index in [0.717, 1.165) is 11.3 Å². The second kappa shape index (κ2) is 4.57. The van der Waals surface area contributed by atoms with Gasteiger partial charge in [0, 0.05) is 0 Å². The summed E-state index contributed by atoms with van der Waals surface area (Å²) in [5.41, 5.74) is 2.40. The van der Waals surface area contributed by atoms with Gasteiger partial charge in [-0.05, 0) is 34.2 Å². The molecule has 0 aliphatic heterocycles. The molecule has 0 fully saturated rings. The summed E-state index contributed by atoms with van der Waals surface area (Å²) in [6.45, 7) is 6.31. The Balaban J connectivity index is 3.28. The van der Waals surface area contributed by atoms with Crippen molar-refractivity contribution >= 4 is 17.1 Å². The zero-order valence-electron chi connectivity index (χ0n) is 9.87. The fraction of sp³-hybridized carbons (Fsp3) is 0.500. The van der Waals surface area contributed by atoms with Gasteiger partial charge < -0.3 is 4.74 Å². The molecule has 0 aliphatic carbocycles. The third-order valence-corrected chi connectivity index (χ3v) is 2.77. The van der Waals surface area contributed by atoms with E-state index in [4.69, 9.17) is 12.6 Å². The smallest absolute Gasteiger partial charge is 0.119 e. The fourth-order valence-electron chi connectivity index (χ4n) is 1.64. The minimum atomic E-state index is -0.383. The molecule has 1 aromatic carbocycles. The SMILES string of the molecule is [B]C(C)(P)c1ccc(OC)cc1C(C)C. The molecule has 2 radical (unpaired) electrons. The number of ether oxygens (including phenoxy) is 1. The highest BCUT2D eigenvalue weighted by Gasteiger charge is 2.19. The van der Waals surface area contributed by atoms with Gasteiger partial charge in [0.15, 0.2) is 0 Å². The van der Waals surface area contributed by atoms with Crippen LogP contribution in [0.2, 0.25) is 0 Å². The molecule has 0 heterocycles. The number of rotatable bonds is 3. The van der Waals surface area contributed by atoms with E-state index in [0.29, 0.717) is 5.92 Å². The lowest BCUT2D eigenvalue weighted by molar-refractivity contribution is 0.413. The van der Waals surface area contributed by atoms with Crippen LogP contribution in [0.5, 0.6) is 5.75 Å². The summed E-state index contributed by atoms with van der Waals surface area (Å²) in [5.74, 6) is 1.33. The molecule has 80 valence electrons. The predicted octanol–water partition coefficient (Wildman–Crippen LogP) is 3.03. The van der Waals surface area contributed by atoms with Gasteiger partial charge in [-0.25, -0.2) is 0 Å². The molecule has 0 bridgehead atoms. The molecule has 0 saturated heterocycles. The monoisotopic (exact) mass is 220 g/mol. The summed E-state index contributed by atoms with van der Waals surface area (Å²) in [6.07, 6.45) is 0. The Hall–Kier alpha value is -0.485. The van der Waals surface area contributed by atoms with Gasteiger partial charge in [-0.3, -0.25) is 0 Å². The summed E-state index contributed by atoms with van der Waals surface area (Å²) in [5, 5.41) is -0.383. The molecular weight excluding hydrogens is 202 g/mol. The summed E-state index contributed by atoms with van der Waals surface area (Å²) in [4.78, 5) is 0. The van der Waals surface area contributed by atoms with Gasteiger partial charge in [0.05, 0.1) is 15.0 Å². The summed E-state index contributed by atoms with van der Waals surface area (Å²) in [7, 11) is 10.5. The van der Waals surface area contributed by atoms with Crippen LogP contribution in [0.1, 0.15) is 37.8 Å². The zero-order chi connectivity index (χ0) is 11.6. The molecule has 3 heteroatoms. The van der Waals surface area contributed by atoms with E-state index in [2.05, 4.69) is 29.2 Å². The molecule has 0 spiro atoms. The van der Waals surface area contributed by atoms with Crippen molar-refractivity contribution in [1.82, 2.24) is 0 Å². The standard InChI is InChI=1S/C12H18BOP/c1-8(2)10-7-9(14-4)5-6-11(10)12(3,13)15/h5-8H,15H2,1-4H3. The molecule has 0 amide bonds. The Morgan fingerprint density at radius 1 is 1.40 bits per heavy atom. The van der Waals surface area contributed by atoms with Crippen LogP contribution >= 0.6 is 9.24 Å². The molecule has 0 aliphatic rings. The molecule has 0 saturated carbocycles. The van der Waals surface area contributed by atoms with Crippen molar-refractivity contribution in [3.8, 4) is 5.75 Å². The second-order valence-electron chi connectivity index (χ2n) is 4.39. The topological polar surface area (TPSA) is 9.23 Å². The molecule has 1 aromatic rings. The van der Waals surface area contributed by atoms with Gasteiger partial charge in [-0.2, -0.15) is 0 Å². The Labute approximate surface area is 96.2 Å². The molecule has 1 rings (SSSR count). The minimum Gasteiger partial charge on any atom is -0.497 e. The normalized spacial score (nSPS) is 15.1. The van der Waals surface area contributed by atoms with Crippen LogP contribution in [-0.2, 0) is 5.06 Å². The van der Waals surface area contributed by atoms with Crippen molar-refractivity contribution in [3.05, 3.63) is 29.3 Å². The van der Waals surface area contributed by atoms with Gasteiger partial charge in [0.25, 0.3) is 0 Å². The van der Waals surface area contributed by atoms with Crippen LogP contribution in [-0.4, -0.2) is 15.0 Å². The lowest BCUT2D eigenvalue weighted by atomic mass is 9.77. The van der Waals surface area contributed by atoms with E-state index in [1.54, 1.807) is 7.11 Å².